The summed E-state index contributed by atoms with van der Waals surface area (Å²) in [5.74, 6) is -0.315. The van der Waals surface area contributed by atoms with Gasteiger partial charge >= 0.3 is 5.69 Å². The minimum atomic E-state index is -0.899. The molecule has 0 atom stereocenters. The van der Waals surface area contributed by atoms with Crippen molar-refractivity contribution in [1.82, 2.24) is 0 Å². The summed E-state index contributed by atoms with van der Waals surface area (Å²) < 4.78 is 18.9. The van der Waals surface area contributed by atoms with Crippen LogP contribution in [0.25, 0.3) is 0 Å². The number of aromatic hydroxyl groups is 1. The van der Waals surface area contributed by atoms with Crippen molar-refractivity contribution in [2.75, 3.05) is 0 Å². The van der Waals surface area contributed by atoms with Crippen LogP contribution in [0.5, 0.6) is 11.5 Å². The normalized spacial score (nSPS) is 10.3. The fourth-order valence-electron chi connectivity index (χ4n) is 1.71. The van der Waals surface area contributed by atoms with Crippen molar-refractivity contribution in [2.45, 2.75) is 13.5 Å². The summed E-state index contributed by atoms with van der Waals surface area (Å²) in [7, 11) is 0. The molecule has 0 aliphatic heterocycles. The first-order chi connectivity index (χ1) is 9.49. The highest BCUT2D eigenvalue weighted by molar-refractivity contribution is 5.42. The zero-order valence-corrected chi connectivity index (χ0v) is 10.7. The molecule has 0 spiro atoms. The molecule has 20 heavy (non-hydrogen) atoms. The first-order valence-electron chi connectivity index (χ1n) is 5.83. The summed E-state index contributed by atoms with van der Waals surface area (Å²) in [5, 5.41) is 20.0. The van der Waals surface area contributed by atoms with E-state index < -0.39 is 16.4 Å². The third kappa shape index (κ3) is 2.85. The number of rotatable bonds is 4. The molecule has 104 valence electrons. The number of nitro groups is 1. The molecule has 0 aromatic heterocycles. The van der Waals surface area contributed by atoms with Gasteiger partial charge in [-0.25, -0.2) is 0 Å². The number of hydrogen-bond acceptors (Lipinski definition) is 4. The Morgan fingerprint density at radius 1 is 1.35 bits per heavy atom. The quantitative estimate of drug-likeness (QED) is 0.687. The molecule has 2 rings (SSSR count). The van der Waals surface area contributed by atoms with Crippen molar-refractivity contribution in [1.29, 1.82) is 0 Å². The van der Waals surface area contributed by atoms with Gasteiger partial charge in [-0.2, -0.15) is 4.39 Å². The average molecular weight is 277 g/mol. The van der Waals surface area contributed by atoms with Crippen molar-refractivity contribution >= 4 is 5.69 Å². The van der Waals surface area contributed by atoms with Crippen LogP contribution >= 0.6 is 0 Å². The molecule has 6 heteroatoms. The first kappa shape index (κ1) is 13.8. The van der Waals surface area contributed by atoms with Gasteiger partial charge < -0.3 is 9.84 Å². The molecule has 5 nitrogen and oxygen atoms in total. The molecule has 0 heterocycles. The van der Waals surface area contributed by atoms with Crippen LogP contribution in [-0.4, -0.2) is 10.0 Å². The van der Waals surface area contributed by atoms with Crippen LogP contribution in [0.3, 0.4) is 0 Å². The predicted octanol–water partition coefficient (Wildman–Crippen LogP) is 3.33. The highest BCUT2D eigenvalue weighted by Gasteiger charge is 2.14. The van der Waals surface area contributed by atoms with Crippen LogP contribution in [0.1, 0.15) is 11.1 Å². The van der Waals surface area contributed by atoms with Gasteiger partial charge in [0.15, 0.2) is 0 Å². The van der Waals surface area contributed by atoms with E-state index in [4.69, 9.17) is 4.74 Å². The van der Waals surface area contributed by atoms with E-state index in [0.29, 0.717) is 16.9 Å². The van der Waals surface area contributed by atoms with Gasteiger partial charge in [0.05, 0.1) is 4.92 Å². The molecule has 0 aliphatic rings. The third-order valence-electron chi connectivity index (χ3n) is 2.86. The summed E-state index contributed by atoms with van der Waals surface area (Å²) in [6.45, 7) is 1.75. The molecule has 1 N–H and O–H groups in total. The number of halogens is 1. The van der Waals surface area contributed by atoms with E-state index >= 15 is 0 Å². The van der Waals surface area contributed by atoms with Crippen LogP contribution in [0, 0.1) is 22.9 Å². The Labute approximate surface area is 114 Å². The zero-order chi connectivity index (χ0) is 14.7. The van der Waals surface area contributed by atoms with Crippen LogP contribution in [-0.2, 0) is 6.61 Å². The van der Waals surface area contributed by atoms with Crippen LogP contribution in [0.4, 0.5) is 10.1 Å². The molecule has 2 aromatic rings. The minimum Gasteiger partial charge on any atom is -0.508 e. The average Bonchev–Trinajstić information content (AvgIpc) is 2.40. The van der Waals surface area contributed by atoms with Crippen LogP contribution < -0.4 is 4.74 Å². The Morgan fingerprint density at radius 3 is 2.75 bits per heavy atom. The maximum Gasteiger partial charge on any atom is 0.304 e. The molecule has 0 saturated carbocycles. The summed E-state index contributed by atoms with van der Waals surface area (Å²) in [5.41, 5.74) is 0.480. The van der Waals surface area contributed by atoms with E-state index in [1.807, 2.05) is 0 Å². The second-order valence-electron chi connectivity index (χ2n) is 4.23. The van der Waals surface area contributed by atoms with Gasteiger partial charge in [-0.1, -0.05) is 6.07 Å². The molecule has 0 saturated heterocycles. The van der Waals surface area contributed by atoms with E-state index in [-0.39, 0.29) is 12.4 Å². The Balaban J connectivity index is 2.13. The maximum atomic E-state index is 13.4. The minimum absolute atomic E-state index is 0.0548. The Kier molecular flexibility index (Phi) is 3.84. The van der Waals surface area contributed by atoms with Crippen molar-refractivity contribution in [3.05, 3.63) is 63.5 Å². The van der Waals surface area contributed by atoms with Gasteiger partial charge in [0.25, 0.3) is 0 Å². The van der Waals surface area contributed by atoms with E-state index in [0.717, 1.165) is 12.1 Å². The standard InChI is InChI=1S/C14H12FNO4/c1-9-13(17)3-2-4-14(9)20-8-10-5-6-12(16(18)19)11(15)7-10/h2-7,17H,8H2,1H3. The fraction of sp³-hybridized carbons (Fsp3) is 0.143. The highest BCUT2D eigenvalue weighted by atomic mass is 19.1. The Bertz CT molecular complexity index is 658. The molecule has 0 amide bonds. The maximum absolute atomic E-state index is 13.4. The summed E-state index contributed by atoms with van der Waals surface area (Å²) >= 11 is 0. The predicted molar refractivity (Wildman–Crippen MR) is 70.2 cm³/mol. The largest absolute Gasteiger partial charge is 0.508 e. The number of benzene rings is 2. The molecule has 0 bridgehead atoms. The van der Waals surface area contributed by atoms with E-state index in [1.165, 1.54) is 12.1 Å². The van der Waals surface area contributed by atoms with Crippen molar-refractivity contribution in [3.63, 3.8) is 0 Å². The lowest BCUT2D eigenvalue weighted by atomic mass is 10.2. The Morgan fingerprint density at radius 2 is 2.10 bits per heavy atom. The van der Waals surface area contributed by atoms with Gasteiger partial charge in [-0.05, 0) is 36.8 Å². The smallest absolute Gasteiger partial charge is 0.304 e. The molecule has 0 radical (unpaired) electrons. The lowest BCUT2D eigenvalue weighted by Gasteiger charge is -2.10. The molecular weight excluding hydrogens is 265 g/mol. The number of nitrogens with zero attached hydrogens (tertiary/aromatic N) is 1. The monoisotopic (exact) mass is 277 g/mol. The van der Waals surface area contributed by atoms with Crippen LogP contribution in [0.2, 0.25) is 0 Å². The molecule has 0 aliphatic carbocycles. The van der Waals surface area contributed by atoms with Gasteiger partial charge in [-0.3, -0.25) is 10.1 Å². The zero-order valence-electron chi connectivity index (χ0n) is 10.7. The number of nitro benzene ring substituents is 1. The van der Waals surface area contributed by atoms with E-state index in [9.17, 15) is 19.6 Å². The number of phenols is 1. The van der Waals surface area contributed by atoms with E-state index in [2.05, 4.69) is 0 Å². The third-order valence-corrected chi connectivity index (χ3v) is 2.86. The highest BCUT2D eigenvalue weighted by Crippen LogP contribution is 2.27. The van der Waals surface area contributed by atoms with Gasteiger partial charge in [-0.15, -0.1) is 0 Å². The molecular formula is C14H12FNO4. The molecule has 0 unspecified atom stereocenters. The Hall–Kier alpha value is -2.63. The number of ether oxygens (including phenoxy) is 1. The molecule has 0 fully saturated rings. The van der Waals surface area contributed by atoms with Gasteiger partial charge in [0, 0.05) is 11.6 Å². The van der Waals surface area contributed by atoms with Gasteiger partial charge in [0.2, 0.25) is 5.82 Å². The summed E-state index contributed by atoms with van der Waals surface area (Å²) in [6, 6.07) is 8.44. The lowest BCUT2D eigenvalue weighted by molar-refractivity contribution is -0.387. The van der Waals surface area contributed by atoms with Crippen molar-refractivity contribution in [2.24, 2.45) is 0 Å². The topological polar surface area (TPSA) is 72.6 Å². The summed E-state index contributed by atoms with van der Waals surface area (Å²) in [4.78, 5) is 9.72. The number of hydrogen-bond donors (Lipinski definition) is 1. The SMILES string of the molecule is Cc1c(O)cccc1OCc1ccc([N+](=O)[O-])c(F)c1. The van der Waals surface area contributed by atoms with E-state index in [1.54, 1.807) is 19.1 Å². The molecule has 2 aromatic carbocycles. The van der Waals surface area contributed by atoms with Gasteiger partial charge in [0.1, 0.15) is 18.1 Å². The first-order valence-corrected chi connectivity index (χ1v) is 5.83. The lowest BCUT2D eigenvalue weighted by Crippen LogP contribution is -1.99. The van der Waals surface area contributed by atoms with Crippen molar-refractivity contribution < 1.29 is 19.2 Å². The fourth-order valence-corrected chi connectivity index (χ4v) is 1.71. The summed E-state index contributed by atoms with van der Waals surface area (Å²) in [6.07, 6.45) is 0. The van der Waals surface area contributed by atoms with Crippen LogP contribution in [0.15, 0.2) is 36.4 Å². The van der Waals surface area contributed by atoms with Crippen molar-refractivity contribution in [3.8, 4) is 11.5 Å². The number of phenolic OH excluding ortho intramolecular Hbond substituents is 1. The second-order valence-corrected chi connectivity index (χ2v) is 4.23. The second kappa shape index (κ2) is 5.56.